The van der Waals surface area contributed by atoms with E-state index in [1.54, 1.807) is 39.0 Å². The lowest BCUT2D eigenvalue weighted by atomic mass is 10.1. The molecule has 0 saturated carbocycles. The summed E-state index contributed by atoms with van der Waals surface area (Å²) in [6.07, 6.45) is 12.8. The maximum absolute atomic E-state index is 13.1. The normalized spacial score (nSPS) is 15.4. The van der Waals surface area contributed by atoms with E-state index in [4.69, 9.17) is 4.74 Å². The van der Waals surface area contributed by atoms with Crippen molar-refractivity contribution in [2.75, 3.05) is 0 Å². The Morgan fingerprint density at radius 1 is 1.10 bits per heavy atom. The summed E-state index contributed by atoms with van der Waals surface area (Å²) in [7, 11) is -1.71. The monoisotopic (exact) mass is 434 g/mol. The number of carbonyl (C=O) groups excluding carboxylic acids is 1. The number of benzene rings is 1. The topological polar surface area (TPSA) is 63.6 Å². The molecule has 0 aliphatic rings. The lowest BCUT2D eigenvalue weighted by molar-refractivity contribution is -0.156. The Hall–Kier alpha value is -1.72. The molecular weight excluding hydrogens is 396 g/mol. The van der Waals surface area contributed by atoms with E-state index < -0.39 is 33.7 Å². The number of hydrogen-bond donors (Lipinski definition) is 1. The summed E-state index contributed by atoms with van der Waals surface area (Å²) in [6, 6.07) is 7.15. The molecule has 168 valence electrons. The standard InChI is InChI=1S/C25H38O4S/c1-6-7-8-9-10-11-12-13-14-15-22(26)23(24(27)29-25(3,4)5)30(28)21-18-16-20(2)17-19-21/h11-14,16-19,22-23,26H,6-10,15H2,1-5H3/t22-,23-,30+/m1/s1. The summed E-state index contributed by atoms with van der Waals surface area (Å²) in [6.45, 7) is 9.41. The average Bonchev–Trinajstić information content (AvgIpc) is 2.66. The van der Waals surface area contributed by atoms with Crippen molar-refractivity contribution < 1.29 is 18.8 Å². The summed E-state index contributed by atoms with van der Waals surface area (Å²) in [5.74, 6) is -0.645. The molecule has 0 unspecified atom stereocenters. The van der Waals surface area contributed by atoms with Gasteiger partial charge in [-0.15, -0.1) is 0 Å². The van der Waals surface area contributed by atoms with Gasteiger partial charge in [0.05, 0.1) is 16.9 Å². The largest absolute Gasteiger partial charge is 0.459 e. The van der Waals surface area contributed by atoms with E-state index >= 15 is 0 Å². The predicted octanol–water partition coefficient (Wildman–Crippen LogP) is 5.65. The molecule has 0 aromatic heterocycles. The lowest BCUT2D eigenvalue weighted by Crippen LogP contribution is -2.42. The van der Waals surface area contributed by atoms with Crippen LogP contribution in [0.25, 0.3) is 0 Å². The Bertz CT molecular complexity index is 714. The zero-order chi connectivity index (χ0) is 22.6. The van der Waals surface area contributed by atoms with Gasteiger partial charge in [0.15, 0.2) is 5.25 Å². The molecule has 0 heterocycles. The highest BCUT2D eigenvalue weighted by molar-refractivity contribution is 7.86. The van der Waals surface area contributed by atoms with Crippen LogP contribution in [0.3, 0.4) is 0 Å². The zero-order valence-corrected chi connectivity index (χ0v) is 19.9. The lowest BCUT2D eigenvalue weighted by Gasteiger charge is -2.26. The number of aryl methyl sites for hydroxylation is 1. The summed E-state index contributed by atoms with van der Waals surface area (Å²) >= 11 is 0. The van der Waals surface area contributed by atoms with Crippen LogP contribution in [0.1, 0.15) is 71.8 Å². The third-order valence-electron chi connectivity index (χ3n) is 4.46. The Morgan fingerprint density at radius 3 is 2.33 bits per heavy atom. The van der Waals surface area contributed by atoms with Gasteiger partial charge in [-0.05, 0) is 59.1 Å². The molecule has 0 amide bonds. The SMILES string of the molecule is CCCCCCC=CC=CC[C@@H](O)[C@H](C(=O)OC(C)(C)C)[S@@](=O)c1ccc(C)cc1. The fourth-order valence-corrected chi connectivity index (χ4v) is 4.17. The van der Waals surface area contributed by atoms with Crippen LogP contribution < -0.4 is 0 Å². The van der Waals surface area contributed by atoms with Crippen LogP contribution in [0.4, 0.5) is 0 Å². The number of carbonyl (C=O) groups is 1. The molecule has 0 fully saturated rings. The van der Waals surface area contributed by atoms with Crippen LogP contribution >= 0.6 is 0 Å². The average molecular weight is 435 g/mol. The predicted molar refractivity (Wildman–Crippen MR) is 125 cm³/mol. The maximum atomic E-state index is 13.1. The minimum atomic E-state index is -1.71. The molecule has 1 aromatic carbocycles. The van der Waals surface area contributed by atoms with E-state index in [9.17, 15) is 14.1 Å². The number of aliphatic hydroxyl groups is 1. The van der Waals surface area contributed by atoms with Gasteiger partial charge in [0.25, 0.3) is 0 Å². The summed E-state index contributed by atoms with van der Waals surface area (Å²) in [5, 5.41) is 9.55. The van der Waals surface area contributed by atoms with Gasteiger partial charge in [0, 0.05) is 4.90 Å². The number of allylic oxidation sites excluding steroid dienone is 3. The molecule has 3 atom stereocenters. The molecule has 0 saturated heterocycles. The second-order valence-corrected chi connectivity index (χ2v) is 10.1. The van der Waals surface area contributed by atoms with Gasteiger partial charge in [0.2, 0.25) is 0 Å². The second kappa shape index (κ2) is 13.6. The molecule has 0 radical (unpaired) electrons. The van der Waals surface area contributed by atoms with E-state index in [2.05, 4.69) is 13.0 Å². The van der Waals surface area contributed by atoms with Crippen molar-refractivity contribution in [3.05, 3.63) is 54.1 Å². The van der Waals surface area contributed by atoms with Gasteiger partial charge in [-0.2, -0.15) is 0 Å². The number of hydrogen-bond acceptors (Lipinski definition) is 4. The summed E-state index contributed by atoms with van der Waals surface area (Å²) in [4.78, 5) is 13.2. The molecule has 0 spiro atoms. The molecule has 0 aliphatic carbocycles. The van der Waals surface area contributed by atoms with Crippen LogP contribution in [0.15, 0.2) is 53.5 Å². The highest BCUT2D eigenvalue weighted by Gasteiger charge is 2.36. The van der Waals surface area contributed by atoms with E-state index in [-0.39, 0.29) is 6.42 Å². The van der Waals surface area contributed by atoms with Crippen molar-refractivity contribution >= 4 is 16.8 Å². The third kappa shape index (κ3) is 10.4. The van der Waals surface area contributed by atoms with Crippen LogP contribution in [0, 0.1) is 6.92 Å². The summed E-state index contributed by atoms with van der Waals surface area (Å²) < 4.78 is 18.5. The molecule has 0 aliphatic heterocycles. The van der Waals surface area contributed by atoms with Crippen LogP contribution in [-0.2, 0) is 20.3 Å². The van der Waals surface area contributed by atoms with Crippen molar-refractivity contribution in [3.63, 3.8) is 0 Å². The minimum Gasteiger partial charge on any atom is -0.459 e. The highest BCUT2D eigenvalue weighted by Crippen LogP contribution is 2.21. The fraction of sp³-hybridized carbons (Fsp3) is 0.560. The van der Waals surface area contributed by atoms with Gasteiger partial charge in [-0.3, -0.25) is 9.00 Å². The van der Waals surface area contributed by atoms with Gasteiger partial charge in [-0.25, -0.2) is 0 Å². The number of aliphatic hydroxyl groups excluding tert-OH is 1. The fourth-order valence-electron chi connectivity index (χ4n) is 2.85. The molecule has 1 aromatic rings. The van der Waals surface area contributed by atoms with E-state index in [1.807, 2.05) is 31.2 Å². The van der Waals surface area contributed by atoms with Crippen LogP contribution in [0.2, 0.25) is 0 Å². The maximum Gasteiger partial charge on any atom is 0.325 e. The van der Waals surface area contributed by atoms with E-state index in [0.717, 1.165) is 12.0 Å². The minimum absolute atomic E-state index is 0.224. The van der Waals surface area contributed by atoms with Crippen LogP contribution in [-0.4, -0.2) is 32.2 Å². The third-order valence-corrected chi connectivity index (χ3v) is 6.16. The number of unbranched alkanes of at least 4 members (excludes halogenated alkanes) is 4. The Balaban J connectivity index is 2.79. The Morgan fingerprint density at radius 2 is 1.73 bits per heavy atom. The Kier molecular flexibility index (Phi) is 11.9. The van der Waals surface area contributed by atoms with E-state index in [0.29, 0.717) is 4.90 Å². The quantitative estimate of drug-likeness (QED) is 0.262. The van der Waals surface area contributed by atoms with Gasteiger partial charge < -0.3 is 9.84 Å². The second-order valence-electron chi connectivity index (χ2n) is 8.57. The number of rotatable bonds is 12. The van der Waals surface area contributed by atoms with Crippen molar-refractivity contribution in [2.45, 2.75) is 95.0 Å². The number of esters is 1. The van der Waals surface area contributed by atoms with Crippen molar-refractivity contribution in [1.29, 1.82) is 0 Å². The molecule has 4 nitrogen and oxygen atoms in total. The van der Waals surface area contributed by atoms with Crippen LogP contribution in [0.5, 0.6) is 0 Å². The van der Waals surface area contributed by atoms with Gasteiger partial charge in [0.1, 0.15) is 5.60 Å². The molecule has 1 rings (SSSR count). The molecule has 30 heavy (non-hydrogen) atoms. The molecular formula is C25H38O4S. The van der Waals surface area contributed by atoms with Crippen molar-refractivity contribution in [1.82, 2.24) is 0 Å². The smallest absolute Gasteiger partial charge is 0.325 e. The molecule has 5 heteroatoms. The first-order valence-electron chi connectivity index (χ1n) is 10.9. The Labute approximate surface area is 184 Å². The number of ether oxygens (including phenoxy) is 1. The highest BCUT2D eigenvalue weighted by atomic mass is 32.2. The first-order valence-corrected chi connectivity index (χ1v) is 12.1. The van der Waals surface area contributed by atoms with Crippen molar-refractivity contribution in [3.8, 4) is 0 Å². The summed E-state index contributed by atoms with van der Waals surface area (Å²) in [5.41, 5.74) is 0.317. The molecule has 1 N–H and O–H groups in total. The zero-order valence-electron chi connectivity index (χ0n) is 19.1. The van der Waals surface area contributed by atoms with E-state index in [1.165, 1.54) is 25.7 Å². The first-order chi connectivity index (χ1) is 14.2. The first kappa shape index (κ1) is 26.3. The van der Waals surface area contributed by atoms with Crippen molar-refractivity contribution in [2.24, 2.45) is 0 Å². The van der Waals surface area contributed by atoms with Gasteiger partial charge >= 0.3 is 5.97 Å². The van der Waals surface area contributed by atoms with Gasteiger partial charge in [-0.1, -0.05) is 68.2 Å². The molecule has 0 bridgehead atoms.